The Hall–Kier alpha value is -3.24. The van der Waals surface area contributed by atoms with Gasteiger partial charge >= 0.3 is 6.18 Å². The number of carboxylic acid groups (broad SMARTS) is 1. The predicted octanol–water partition coefficient (Wildman–Crippen LogP) is 1.01. The Bertz CT molecular complexity index is 1060. The molecule has 1 saturated heterocycles. The summed E-state index contributed by atoms with van der Waals surface area (Å²) in [6.45, 7) is 0.929. The van der Waals surface area contributed by atoms with Gasteiger partial charge in [-0.3, -0.25) is 0 Å². The Balaban J connectivity index is 1.51. The number of hydrogen-bond donors (Lipinski definition) is 2. The maximum Gasteiger partial charge on any atom is 0.416 e. The van der Waals surface area contributed by atoms with Crippen LogP contribution in [-0.4, -0.2) is 33.9 Å². The molecular weight excluding hydrogens is 415 g/mol. The maximum atomic E-state index is 12.7. The summed E-state index contributed by atoms with van der Waals surface area (Å²) in [5, 5.41) is 24.9. The van der Waals surface area contributed by atoms with Crippen LogP contribution in [0.4, 0.5) is 13.2 Å². The third kappa shape index (κ3) is 4.59. The van der Waals surface area contributed by atoms with Gasteiger partial charge in [-0.2, -0.15) is 18.2 Å². The van der Waals surface area contributed by atoms with Gasteiger partial charge in [0.05, 0.1) is 11.5 Å². The van der Waals surface area contributed by atoms with Crippen molar-refractivity contribution >= 4 is 5.97 Å². The highest BCUT2D eigenvalue weighted by atomic mass is 19.4. The first-order valence-electron chi connectivity index (χ1n) is 9.55. The van der Waals surface area contributed by atoms with Gasteiger partial charge in [-0.05, 0) is 17.7 Å². The summed E-state index contributed by atoms with van der Waals surface area (Å²) in [5.41, 5.74) is 0.566. The number of quaternary nitrogens is 1. The van der Waals surface area contributed by atoms with Gasteiger partial charge in [-0.1, -0.05) is 41.6 Å². The molecule has 1 fully saturated rings. The molecule has 0 aliphatic carbocycles. The van der Waals surface area contributed by atoms with Crippen molar-refractivity contribution < 1.29 is 37.6 Å². The Kier molecular flexibility index (Phi) is 5.50. The van der Waals surface area contributed by atoms with E-state index >= 15 is 0 Å². The number of likely N-dealkylation sites (tertiary alicyclic amines) is 1. The SMILES string of the molecule is O=C([O-])c1ccc(C[NH+]2C[C@H](O)C[C@H]2c2nc(-c3ccc(C(F)(F)F)cc3)no2)cc1. The number of halogens is 3. The van der Waals surface area contributed by atoms with Crippen molar-refractivity contribution in [1.29, 1.82) is 0 Å². The van der Waals surface area contributed by atoms with Crippen molar-refractivity contribution in [3.63, 3.8) is 0 Å². The molecule has 4 rings (SSSR count). The monoisotopic (exact) mass is 433 g/mol. The molecule has 1 aliphatic heterocycles. The number of aliphatic hydroxyl groups is 1. The van der Waals surface area contributed by atoms with Gasteiger partial charge in [0, 0.05) is 17.5 Å². The van der Waals surface area contributed by atoms with E-state index in [0.717, 1.165) is 22.6 Å². The summed E-state index contributed by atoms with van der Waals surface area (Å²) >= 11 is 0. The molecule has 7 nitrogen and oxygen atoms in total. The van der Waals surface area contributed by atoms with E-state index in [1.54, 1.807) is 12.1 Å². The molecule has 10 heteroatoms. The van der Waals surface area contributed by atoms with Crippen LogP contribution in [0.2, 0.25) is 0 Å². The Morgan fingerprint density at radius 2 is 1.84 bits per heavy atom. The lowest BCUT2D eigenvalue weighted by Crippen LogP contribution is -3.09. The van der Waals surface area contributed by atoms with Gasteiger partial charge in [-0.15, -0.1) is 0 Å². The molecule has 0 saturated carbocycles. The van der Waals surface area contributed by atoms with Crippen LogP contribution in [0.15, 0.2) is 53.1 Å². The van der Waals surface area contributed by atoms with Gasteiger partial charge in [-0.25, -0.2) is 0 Å². The topological polar surface area (TPSA) is 104 Å². The number of carbonyl (C=O) groups excluding carboxylic acids is 1. The molecule has 31 heavy (non-hydrogen) atoms. The lowest BCUT2D eigenvalue weighted by molar-refractivity contribution is -0.934. The molecule has 2 heterocycles. The Morgan fingerprint density at radius 3 is 2.45 bits per heavy atom. The van der Waals surface area contributed by atoms with Gasteiger partial charge in [0.15, 0.2) is 6.04 Å². The first kappa shape index (κ1) is 21.0. The zero-order valence-electron chi connectivity index (χ0n) is 16.1. The Morgan fingerprint density at radius 1 is 1.16 bits per heavy atom. The number of nitrogens with one attached hydrogen (secondary N) is 1. The van der Waals surface area contributed by atoms with Gasteiger partial charge in [0.1, 0.15) is 19.2 Å². The summed E-state index contributed by atoms with van der Waals surface area (Å²) in [6.07, 6.45) is -4.62. The molecule has 2 aromatic carbocycles. The van der Waals surface area contributed by atoms with Crippen molar-refractivity contribution in [2.24, 2.45) is 0 Å². The molecule has 0 bridgehead atoms. The highest BCUT2D eigenvalue weighted by Gasteiger charge is 2.40. The summed E-state index contributed by atoms with van der Waals surface area (Å²) in [6, 6.07) is 10.5. The predicted molar refractivity (Wildman–Crippen MR) is 98.4 cm³/mol. The van der Waals surface area contributed by atoms with Crippen LogP contribution >= 0.6 is 0 Å². The quantitative estimate of drug-likeness (QED) is 0.623. The van der Waals surface area contributed by atoms with Crippen LogP contribution in [0.25, 0.3) is 11.4 Å². The minimum absolute atomic E-state index is 0.0786. The lowest BCUT2D eigenvalue weighted by Gasteiger charge is -2.18. The first-order valence-corrected chi connectivity index (χ1v) is 9.55. The summed E-state index contributed by atoms with van der Waals surface area (Å²) < 4.78 is 43.6. The highest BCUT2D eigenvalue weighted by molar-refractivity contribution is 5.85. The number of aromatic carboxylic acids is 1. The number of aliphatic hydroxyl groups excluding tert-OH is 1. The molecule has 2 N–H and O–H groups in total. The normalized spacial score (nSPS) is 21.4. The van der Waals surface area contributed by atoms with E-state index in [1.807, 2.05) is 0 Å². The average Bonchev–Trinajstić information content (AvgIpc) is 3.34. The minimum Gasteiger partial charge on any atom is -0.545 e. The third-order valence-electron chi connectivity index (χ3n) is 5.33. The largest absolute Gasteiger partial charge is 0.545 e. The second kappa shape index (κ2) is 8.12. The first-order chi connectivity index (χ1) is 14.7. The number of benzene rings is 2. The van der Waals surface area contributed by atoms with Crippen molar-refractivity contribution in [3.8, 4) is 11.4 Å². The molecular formula is C21H18F3N3O4. The maximum absolute atomic E-state index is 12.7. The van der Waals surface area contributed by atoms with E-state index in [2.05, 4.69) is 10.1 Å². The molecule has 162 valence electrons. The molecule has 3 aromatic rings. The van der Waals surface area contributed by atoms with Crippen LogP contribution in [0, 0.1) is 0 Å². The van der Waals surface area contributed by atoms with Crippen molar-refractivity contribution in [2.45, 2.75) is 31.3 Å². The second-order valence-electron chi connectivity index (χ2n) is 7.50. The highest BCUT2D eigenvalue weighted by Crippen LogP contribution is 2.30. The zero-order valence-corrected chi connectivity index (χ0v) is 16.1. The number of carboxylic acids is 1. The van der Waals surface area contributed by atoms with Gasteiger partial charge < -0.3 is 24.4 Å². The second-order valence-corrected chi connectivity index (χ2v) is 7.50. The van der Waals surface area contributed by atoms with Crippen LogP contribution in [0.3, 0.4) is 0 Å². The fourth-order valence-electron chi connectivity index (χ4n) is 3.76. The Labute approximate surface area is 174 Å². The summed E-state index contributed by atoms with van der Waals surface area (Å²) in [7, 11) is 0. The number of carbonyl (C=O) groups is 1. The van der Waals surface area contributed by atoms with Crippen LogP contribution < -0.4 is 10.0 Å². The molecule has 1 aliphatic rings. The smallest absolute Gasteiger partial charge is 0.416 e. The number of rotatable bonds is 5. The average molecular weight is 433 g/mol. The molecule has 3 atom stereocenters. The standard InChI is InChI=1S/C21H18F3N3O4/c22-21(23,24)15-7-5-13(6-8-15)18-25-19(31-26-18)17-9-16(28)11-27(17)10-12-1-3-14(4-2-12)20(29)30/h1-8,16-17,28H,9-11H2,(H,29,30)/t16-,17+/m1/s1. The van der Waals surface area contributed by atoms with Crippen molar-refractivity contribution in [3.05, 3.63) is 71.1 Å². The van der Waals surface area contributed by atoms with Crippen LogP contribution in [-0.2, 0) is 12.7 Å². The fourth-order valence-corrected chi connectivity index (χ4v) is 3.76. The molecule has 1 unspecified atom stereocenters. The van der Waals surface area contributed by atoms with Crippen LogP contribution in [0.1, 0.15) is 39.8 Å². The van der Waals surface area contributed by atoms with E-state index in [0.29, 0.717) is 25.1 Å². The number of aromatic nitrogens is 2. The minimum atomic E-state index is -4.43. The zero-order chi connectivity index (χ0) is 22.2. The van der Waals surface area contributed by atoms with E-state index in [9.17, 15) is 28.2 Å². The summed E-state index contributed by atoms with van der Waals surface area (Å²) in [4.78, 5) is 16.2. The van der Waals surface area contributed by atoms with Gasteiger partial charge in [0.2, 0.25) is 5.82 Å². The molecule has 0 amide bonds. The van der Waals surface area contributed by atoms with Crippen molar-refractivity contribution in [2.75, 3.05) is 6.54 Å². The molecule has 0 radical (unpaired) electrons. The summed E-state index contributed by atoms with van der Waals surface area (Å²) in [5.74, 6) is -0.800. The number of alkyl halides is 3. The van der Waals surface area contributed by atoms with Crippen molar-refractivity contribution in [1.82, 2.24) is 10.1 Å². The number of hydrogen-bond acceptors (Lipinski definition) is 6. The van der Waals surface area contributed by atoms with Gasteiger partial charge in [0.25, 0.3) is 5.89 Å². The van der Waals surface area contributed by atoms with E-state index < -0.39 is 23.8 Å². The molecule has 1 aromatic heterocycles. The fraction of sp³-hybridized carbons (Fsp3) is 0.286. The van der Waals surface area contributed by atoms with E-state index in [4.69, 9.17) is 4.52 Å². The lowest BCUT2D eigenvalue weighted by atomic mass is 10.1. The third-order valence-corrected chi connectivity index (χ3v) is 5.33. The number of nitrogens with zero attached hydrogens (tertiary/aromatic N) is 2. The van der Waals surface area contributed by atoms with E-state index in [-0.39, 0.29) is 23.3 Å². The molecule has 0 spiro atoms. The van der Waals surface area contributed by atoms with E-state index in [1.165, 1.54) is 24.3 Å². The van der Waals surface area contributed by atoms with Crippen LogP contribution in [0.5, 0.6) is 0 Å².